The average molecular weight is 177 g/mol. The van der Waals surface area contributed by atoms with Gasteiger partial charge in [0, 0.05) is 11.8 Å². The van der Waals surface area contributed by atoms with Crippen molar-refractivity contribution in [3.05, 3.63) is 30.3 Å². The Morgan fingerprint density at radius 1 is 1.20 bits per heavy atom. The molecule has 0 spiro atoms. The summed E-state index contributed by atoms with van der Waals surface area (Å²) in [5, 5.41) is 0. The third-order valence-corrected chi connectivity index (χ3v) is 1.59. The van der Waals surface area contributed by atoms with Crippen molar-refractivity contribution in [2.24, 2.45) is 0 Å². The number of nitrogens with zero attached hydrogens (tertiary/aromatic N) is 1. The molecule has 0 saturated carbocycles. The highest BCUT2D eigenvalue weighted by Crippen LogP contribution is 2.12. The molecule has 1 aromatic carbocycles. The van der Waals surface area contributed by atoms with Gasteiger partial charge in [-0.05, 0) is 23.9 Å². The molecule has 0 fully saturated rings. The van der Waals surface area contributed by atoms with Crippen LogP contribution in [0.15, 0.2) is 30.3 Å². The zero-order valence-electron chi connectivity index (χ0n) is 5.09. The van der Waals surface area contributed by atoms with Gasteiger partial charge in [0.05, 0.1) is 5.69 Å². The summed E-state index contributed by atoms with van der Waals surface area (Å²) in [5.74, 6) is 0. The van der Waals surface area contributed by atoms with E-state index in [4.69, 9.17) is 23.6 Å². The predicted octanol–water partition coefficient (Wildman–Crippen LogP) is 2.31. The van der Waals surface area contributed by atoms with Crippen LogP contribution >= 0.6 is 23.6 Å². The second kappa shape index (κ2) is 3.66. The average Bonchev–Trinajstić information content (AvgIpc) is 2.05. The Bertz CT molecular complexity index is 190. The number of benzene rings is 1. The third kappa shape index (κ3) is 1.77. The highest BCUT2D eigenvalue weighted by atomic mass is 35.5. The van der Waals surface area contributed by atoms with Gasteiger partial charge in [-0.15, -0.1) is 4.94 Å². The summed E-state index contributed by atoms with van der Waals surface area (Å²) >= 11 is 10.8. The van der Waals surface area contributed by atoms with E-state index in [1.54, 1.807) is 0 Å². The Morgan fingerprint density at radius 3 is 2.30 bits per heavy atom. The van der Waals surface area contributed by atoms with Gasteiger partial charge in [0.25, 0.3) is 0 Å². The SMILES string of the molecule is ClNN(Cl)c1ccccc1. The number of hydrogen-bond acceptors (Lipinski definition) is 2. The van der Waals surface area contributed by atoms with Crippen molar-refractivity contribution in [1.82, 2.24) is 4.94 Å². The van der Waals surface area contributed by atoms with Crippen LogP contribution in [0.1, 0.15) is 0 Å². The smallest absolute Gasteiger partial charge is 0.0719 e. The summed E-state index contributed by atoms with van der Waals surface area (Å²) in [6, 6.07) is 9.32. The van der Waals surface area contributed by atoms with Crippen LogP contribution in [0.2, 0.25) is 0 Å². The number of halogens is 2. The highest BCUT2D eigenvalue weighted by Gasteiger charge is 1.96. The van der Waals surface area contributed by atoms with Crippen LogP contribution in [0.4, 0.5) is 5.69 Å². The predicted molar refractivity (Wildman–Crippen MR) is 43.8 cm³/mol. The lowest BCUT2D eigenvalue weighted by Gasteiger charge is -2.10. The van der Waals surface area contributed by atoms with Gasteiger partial charge in [0.2, 0.25) is 0 Å². The maximum absolute atomic E-state index is 5.58. The molecule has 10 heavy (non-hydrogen) atoms. The Hall–Kier alpha value is -0.440. The minimum atomic E-state index is 0.805. The van der Waals surface area contributed by atoms with E-state index in [0.29, 0.717) is 0 Å². The lowest BCUT2D eigenvalue weighted by Crippen LogP contribution is -2.19. The van der Waals surface area contributed by atoms with Gasteiger partial charge in [-0.2, -0.15) is 0 Å². The number of anilines is 1. The molecule has 54 valence electrons. The molecule has 0 aliphatic carbocycles. The summed E-state index contributed by atoms with van der Waals surface area (Å²) < 4.78 is 1.20. The Morgan fingerprint density at radius 2 is 1.80 bits per heavy atom. The molecule has 0 aliphatic rings. The van der Waals surface area contributed by atoms with Crippen LogP contribution in [-0.2, 0) is 0 Å². The van der Waals surface area contributed by atoms with E-state index in [2.05, 4.69) is 4.94 Å². The Balaban J connectivity index is 2.75. The quantitative estimate of drug-likeness (QED) is 0.550. The normalized spacial score (nSPS) is 9.40. The van der Waals surface area contributed by atoms with E-state index in [0.717, 1.165) is 5.69 Å². The van der Waals surface area contributed by atoms with Gasteiger partial charge in [-0.25, -0.2) is 4.53 Å². The van der Waals surface area contributed by atoms with E-state index < -0.39 is 0 Å². The molecule has 0 heterocycles. The molecule has 0 unspecified atom stereocenters. The zero-order chi connectivity index (χ0) is 7.40. The third-order valence-electron chi connectivity index (χ3n) is 1.06. The van der Waals surface area contributed by atoms with Crippen molar-refractivity contribution in [3.63, 3.8) is 0 Å². The van der Waals surface area contributed by atoms with Crippen molar-refractivity contribution in [2.45, 2.75) is 0 Å². The number of rotatable bonds is 2. The summed E-state index contributed by atoms with van der Waals surface area (Å²) in [6.07, 6.45) is 0. The Labute approximate surface area is 69.5 Å². The number of hydrogen-bond donors (Lipinski definition) is 1. The number of nitrogens with one attached hydrogen (secondary N) is 1. The van der Waals surface area contributed by atoms with Gasteiger partial charge in [0.1, 0.15) is 0 Å². The molecule has 0 radical (unpaired) electrons. The minimum absolute atomic E-state index is 0.805. The first-order chi connectivity index (χ1) is 4.84. The molecule has 1 N–H and O–H groups in total. The maximum Gasteiger partial charge on any atom is 0.0719 e. The number of para-hydroxylation sites is 1. The molecule has 1 aromatic rings. The van der Waals surface area contributed by atoms with E-state index >= 15 is 0 Å². The first-order valence-corrected chi connectivity index (χ1v) is 3.43. The summed E-state index contributed by atoms with van der Waals surface area (Å²) in [5.41, 5.74) is 0.805. The van der Waals surface area contributed by atoms with Crippen molar-refractivity contribution in [2.75, 3.05) is 4.53 Å². The molecule has 0 aromatic heterocycles. The summed E-state index contributed by atoms with van der Waals surface area (Å²) in [6.45, 7) is 0. The molecule has 2 nitrogen and oxygen atoms in total. The van der Waals surface area contributed by atoms with Crippen molar-refractivity contribution in [1.29, 1.82) is 0 Å². The summed E-state index contributed by atoms with van der Waals surface area (Å²) in [4.78, 5) is 2.25. The zero-order valence-corrected chi connectivity index (χ0v) is 6.60. The standard InChI is InChI=1S/C6H6Cl2N2/c7-9-10(8)6-4-2-1-3-5-6/h1-5,9H. The fourth-order valence-corrected chi connectivity index (χ4v) is 0.818. The van der Waals surface area contributed by atoms with Gasteiger partial charge in [-0.3, -0.25) is 0 Å². The van der Waals surface area contributed by atoms with E-state index in [9.17, 15) is 0 Å². The lowest BCUT2D eigenvalue weighted by molar-refractivity contribution is 1.06. The van der Waals surface area contributed by atoms with Crippen molar-refractivity contribution in [3.8, 4) is 0 Å². The van der Waals surface area contributed by atoms with Crippen LogP contribution in [0.3, 0.4) is 0 Å². The van der Waals surface area contributed by atoms with Gasteiger partial charge >= 0.3 is 0 Å². The van der Waals surface area contributed by atoms with Gasteiger partial charge < -0.3 is 0 Å². The molecule has 4 heteroatoms. The Kier molecular flexibility index (Phi) is 2.81. The maximum atomic E-state index is 5.58. The van der Waals surface area contributed by atoms with Crippen LogP contribution in [0.5, 0.6) is 0 Å². The number of hydrazine groups is 1. The van der Waals surface area contributed by atoms with Crippen LogP contribution in [0, 0.1) is 0 Å². The summed E-state index contributed by atoms with van der Waals surface area (Å²) in [7, 11) is 0. The minimum Gasteiger partial charge on any atom is -0.203 e. The van der Waals surface area contributed by atoms with Gasteiger partial charge in [0.15, 0.2) is 0 Å². The molecule has 0 bridgehead atoms. The van der Waals surface area contributed by atoms with E-state index in [1.165, 1.54) is 4.53 Å². The molecule has 1 rings (SSSR count). The van der Waals surface area contributed by atoms with E-state index in [1.807, 2.05) is 30.3 Å². The van der Waals surface area contributed by atoms with Gasteiger partial charge in [-0.1, -0.05) is 18.2 Å². The lowest BCUT2D eigenvalue weighted by atomic mass is 10.3. The first kappa shape index (κ1) is 7.66. The molecule has 0 saturated heterocycles. The fourth-order valence-electron chi connectivity index (χ4n) is 0.608. The van der Waals surface area contributed by atoms with Crippen LogP contribution < -0.4 is 9.47 Å². The molecular formula is C6H6Cl2N2. The van der Waals surface area contributed by atoms with Crippen molar-refractivity contribution >= 4 is 29.2 Å². The molecule has 0 aliphatic heterocycles. The van der Waals surface area contributed by atoms with Crippen LogP contribution in [0.25, 0.3) is 0 Å². The highest BCUT2D eigenvalue weighted by molar-refractivity contribution is 6.29. The fraction of sp³-hybridized carbons (Fsp3) is 0. The largest absolute Gasteiger partial charge is 0.203 e. The van der Waals surface area contributed by atoms with Crippen molar-refractivity contribution < 1.29 is 0 Å². The second-order valence-electron chi connectivity index (χ2n) is 1.70. The molecule has 0 atom stereocenters. The molecular weight excluding hydrogens is 171 g/mol. The monoisotopic (exact) mass is 176 g/mol. The topological polar surface area (TPSA) is 15.3 Å². The molecule has 0 amide bonds. The first-order valence-electron chi connectivity index (χ1n) is 2.72. The van der Waals surface area contributed by atoms with Crippen LogP contribution in [-0.4, -0.2) is 0 Å². The van der Waals surface area contributed by atoms with E-state index in [-0.39, 0.29) is 0 Å². The second-order valence-corrected chi connectivity index (χ2v) is 2.21.